The Morgan fingerprint density at radius 2 is 1.56 bits per heavy atom. The number of hydrogen-bond donors (Lipinski definition) is 1. The van der Waals surface area contributed by atoms with E-state index in [1.807, 2.05) is 37.3 Å². The molecule has 0 spiro atoms. The van der Waals surface area contributed by atoms with E-state index in [1.54, 1.807) is 11.3 Å². The van der Waals surface area contributed by atoms with Gasteiger partial charge in [-0.25, -0.2) is 0 Å². The van der Waals surface area contributed by atoms with Gasteiger partial charge in [0.1, 0.15) is 0 Å². The molecule has 0 amide bonds. The number of esters is 1. The van der Waals surface area contributed by atoms with Gasteiger partial charge in [0.2, 0.25) is 0 Å². The van der Waals surface area contributed by atoms with Crippen molar-refractivity contribution in [3.63, 3.8) is 0 Å². The Labute approximate surface area is 217 Å². The second-order valence-corrected chi connectivity index (χ2v) is 10.3. The predicted molar refractivity (Wildman–Crippen MR) is 147 cm³/mol. The van der Waals surface area contributed by atoms with Gasteiger partial charge in [-0.2, -0.15) is 11.3 Å². The molecule has 4 aromatic rings. The highest BCUT2D eigenvalue weighted by Crippen LogP contribution is 2.49. The molecule has 1 fully saturated rings. The van der Waals surface area contributed by atoms with E-state index in [-0.39, 0.29) is 5.97 Å². The monoisotopic (exact) mass is 496 g/mol. The number of aliphatic hydroxyl groups excluding tert-OH is 1. The van der Waals surface area contributed by atoms with Crippen LogP contribution < -0.4 is 0 Å². The third-order valence-electron chi connectivity index (χ3n) is 7.23. The maximum Gasteiger partial charge on any atom is 0.316 e. The molecule has 0 bridgehead atoms. The summed E-state index contributed by atoms with van der Waals surface area (Å²) < 4.78 is 5.30. The lowest BCUT2D eigenvalue weighted by atomic mass is 9.93. The number of aryl methyl sites for hydroxylation is 1. The highest BCUT2D eigenvalue weighted by Gasteiger charge is 2.52. The molecule has 36 heavy (non-hydrogen) atoms. The summed E-state index contributed by atoms with van der Waals surface area (Å²) in [7, 11) is 0. The molecule has 1 unspecified atom stereocenters. The lowest BCUT2D eigenvalue weighted by Gasteiger charge is -2.15. The number of hydrogen-bond acceptors (Lipinski definition) is 4. The van der Waals surface area contributed by atoms with Crippen LogP contribution >= 0.6 is 11.3 Å². The van der Waals surface area contributed by atoms with Gasteiger partial charge in [0.15, 0.2) is 0 Å². The van der Waals surface area contributed by atoms with E-state index >= 15 is 0 Å². The van der Waals surface area contributed by atoms with Crippen molar-refractivity contribution in [3.8, 4) is 22.3 Å². The van der Waals surface area contributed by atoms with Crippen molar-refractivity contribution < 1.29 is 14.6 Å². The number of carbonyl (C=O) groups is 1. The first-order chi connectivity index (χ1) is 17.6. The van der Waals surface area contributed by atoms with E-state index < -0.39 is 11.5 Å². The van der Waals surface area contributed by atoms with Crippen LogP contribution in [-0.2, 0) is 21.4 Å². The second-order valence-electron chi connectivity index (χ2n) is 9.59. The average Bonchev–Trinajstić information content (AvgIpc) is 3.61. The summed E-state index contributed by atoms with van der Waals surface area (Å²) in [6.07, 6.45) is 3.98. The first-order valence-corrected chi connectivity index (χ1v) is 13.7. The first-order valence-electron chi connectivity index (χ1n) is 12.8. The van der Waals surface area contributed by atoms with Crippen LogP contribution in [0.3, 0.4) is 0 Å². The van der Waals surface area contributed by atoms with Crippen LogP contribution in [0.4, 0.5) is 0 Å². The molecule has 4 heteroatoms. The highest BCUT2D eigenvalue weighted by molar-refractivity contribution is 7.08. The standard InChI is InChI=1S/C32H32O3S/c1-2-35-31(34)32(19-20-32)28-17-15-24(16-18-28)23-11-13-25(14-12-23)29-22-36-21-27(29)9-6-10-30(33)26-7-4-3-5-8-26/h3-5,7-8,11-18,21-22,30,33H,2,6,9-10,19-20H2,1H3. The number of ether oxygens (including phenoxy) is 1. The van der Waals surface area contributed by atoms with Crippen molar-refractivity contribution in [3.05, 3.63) is 106 Å². The fourth-order valence-electron chi connectivity index (χ4n) is 4.93. The maximum atomic E-state index is 12.4. The second kappa shape index (κ2) is 10.8. The normalized spacial score (nSPS) is 14.8. The number of thiophene rings is 1. The molecular weight excluding hydrogens is 464 g/mol. The molecule has 184 valence electrons. The first kappa shape index (κ1) is 24.5. The van der Waals surface area contributed by atoms with E-state index in [2.05, 4.69) is 59.3 Å². The minimum atomic E-state index is -0.426. The lowest BCUT2D eigenvalue weighted by Crippen LogP contribution is -2.23. The van der Waals surface area contributed by atoms with Crippen molar-refractivity contribution in [1.82, 2.24) is 0 Å². The molecule has 3 nitrogen and oxygen atoms in total. The van der Waals surface area contributed by atoms with Crippen molar-refractivity contribution >= 4 is 17.3 Å². The number of carbonyl (C=O) groups excluding carboxylic acids is 1. The van der Waals surface area contributed by atoms with Crippen molar-refractivity contribution in [2.24, 2.45) is 0 Å². The Morgan fingerprint density at radius 1 is 0.917 bits per heavy atom. The summed E-state index contributed by atoms with van der Waals surface area (Å²) in [5, 5.41) is 14.9. The fraction of sp³-hybridized carbons (Fsp3) is 0.281. The van der Waals surface area contributed by atoms with Gasteiger partial charge in [0.25, 0.3) is 0 Å². The highest BCUT2D eigenvalue weighted by atomic mass is 32.1. The quantitative estimate of drug-likeness (QED) is 0.229. The zero-order chi connectivity index (χ0) is 25.0. The minimum Gasteiger partial charge on any atom is -0.465 e. The molecule has 1 aliphatic rings. The number of rotatable bonds is 10. The summed E-state index contributed by atoms with van der Waals surface area (Å²) in [6, 6.07) is 27.0. The van der Waals surface area contributed by atoms with Gasteiger partial charge < -0.3 is 9.84 Å². The zero-order valence-electron chi connectivity index (χ0n) is 20.7. The topological polar surface area (TPSA) is 46.5 Å². The Morgan fingerprint density at radius 3 is 2.19 bits per heavy atom. The van der Waals surface area contributed by atoms with Crippen molar-refractivity contribution in [2.75, 3.05) is 6.61 Å². The Bertz CT molecular complexity index is 1290. The molecule has 1 N–H and O–H groups in total. The van der Waals surface area contributed by atoms with Gasteiger partial charge in [-0.15, -0.1) is 0 Å². The van der Waals surface area contributed by atoms with E-state index in [0.717, 1.165) is 54.4 Å². The summed E-state index contributed by atoms with van der Waals surface area (Å²) in [5.74, 6) is -0.0942. The number of aliphatic hydroxyl groups is 1. The lowest BCUT2D eigenvalue weighted by molar-refractivity contribution is -0.146. The molecule has 5 rings (SSSR count). The van der Waals surface area contributed by atoms with Gasteiger partial charge >= 0.3 is 5.97 Å². The molecule has 1 saturated carbocycles. The predicted octanol–water partition coefficient (Wildman–Crippen LogP) is 7.73. The fourth-order valence-corrected chi connectivity index (χ4v) is 5.83. The van der Waals surface area contributed by atoms with Gasteiger partial charge in [-0.05, 0) is 88.7 Å². The van der Waals surface area contributed by atoms with Crippen LogP contribution in [-0.4, -0.2) is 17.7 Å². The minimum absolute atomic E-state index is 0.0942. The van der Waals surface area contributed by atoms with Crippen molar-refractivity contribution in [1.29, 1.82) is 0 Å². The Hall–Kier alpha value is -3.21. The molecule has 1 aliphatic carbocycles. The van der Waals surface area contributed by atoms with E-state index in [4.69, 9.17) is 4.74 Å². The molecule has 1 atom stereocenters. The van der Waals surface area contributed by atoms with Gasteiger partial charge in [0.05, 0.1) is 18.1 Å². The number of benzene rings is 3. The van der Waals surface area contributed by atoms with Gasteiger partial charge in [0, 0.05) is 0 Å². The Balaban J connectivity index is 1.23. The third-order valence-corrected chi connectivity index (χ3v) is 8.03. The molecule has 1 heterocycles. The largest absolute Gasteiger partial charge is 0.465 e. The summed E-state index contributed by atoms with van der Waals surface area (Å²) >= 11 is 1.73. The van der Waals surface area contributed by atoms with Crippen LogP contribution in [0.15, 0.2) is 89.6 Å². The third kappa shape index (κ3) is 5.16. The SMILES string of the molecule is CCOC(=O)C1(c2ccc(-c3ccc(-c4cscc4CCCC(O)c4ccccc4)cc3)cc2)CC1. The van der Waals surface area contributed by atoms with Gasteiger partial charge in [-0.1, -0.05) is 78.9 Å². The summed E-state index contributed by atoms with van der Waals surface area (Å²) in [4.78, 5) is 12.4. The molecular formula is C32H32O3S. The van der Waals surface area contributed by atoms with Crippen LogP contribution in [0.5, 0.6) is 0 Å². The molecule has 1 aromatic heterocycles. The van der Waals surface area contributed by atoms with E-state index in [9.17, 15) is 9.90 Å². The van der Waals surface area contributed by atoms with Crippen LogP contribution in [0, 0.1) is 0 Å². The average molecular weight is 497 g/mol. The van der Waals surface area contributed by atoms with E-state index in [0.29, 0.717) is 6.61 Å². The van der Waals surface area contributed by atoms with Crippen molar-refractivity contribution in [2.45, 2.75) is 50.5 Å². The summed E-state index contributed by atoms with van der Waals surface area (Å²) in [5.41, 5.74) is 7.76. The van der Waals surface area contributed by atoms with Gasteiger partial charge in [-0.3, -0.25) is 4.79 Å². The summed E-state index contributed by atoms with van der Waals surface area (Å²) in [6.45, 7) is 2.28. The smallest absolute Gasteiger partial charge is 0.316 e. The maximum absolute atomic E-state index is 12.4. The zero-order valence-corrected chi connectivity index (χ0v) is 21.5. The van der Waals surface area contributed by atoms with Crippen LogP contribution in [0.1, 0.15) is 55.4 Å². The molecule has 0 saturated heterocycles. The van der Waals surface area contributed by atoms with E-state index in [1.165, 1.54) is 16.7 Å². The van der Waals surface area contributed by atoms with Crippen LogP contribution in [0.25, 0.3) is 22.3 Å². The Kier molecular flexibility index (Phi) is 7.35. The molecule has 0 radical (unpaired) electrons. The van der Waals surface area contributed by atoms with Crippen LogP contribution in [0.2, 0.25) is 0 Å². The molecule has 0 aliphatic heterocycles. The molecule has 3 aromatic carbocycles.